The van der Waals surface area contributed by atoms with Crippen LogP contribution in [0.15, 0.2) is 72.8 Å². The molecule has 1 saturated heterocycles. The van der Waals surface area contributed by atoms with Gasteiger partial charge in [-0.05, 0) is 42.5 Å². The van der Waals surface area contributed by atoms with Crippen molar-refractivity contribution in [1.82, 2.24) is 10.2 Å². The number of anilines is 2. The van der Waals surface area contributed by atoms with Crippen LogP contribution in [0.1, 0.15) is 5.56 Å². The number of fused-ring (bicyclic) bond motifs is 1. The fraction of sp³-hybridized carbons (Fsp3) is 0.200. The Morgan fingerprint density at radius 2 is 1.36 bits per heavy atom. The molecule has 1 fully saturated rings. The largest absolute Gasteiger partial charge is 0.416 e. The summed E-state index contributed by atoms with van der Waals surface area (Å²) in [5, 5.41) is 10.8. The topological polar surface area (TPSA) is 32.3 Å². The Balaban J connectivity index is 1.40. The van der Waals surface area contributed by atoms with Crippen molar-refractivity contribution in [3.05, 3.63) is 84.2 Å². The van der Waals surface area contributed by atoms with Gasteiger partial charge in [0.25, 0.3) is 0 Å². The lowest BCUT2D eigenvalue weighted by atomic mass is 10.0. The summed E-state index contributed by atoms with van der Waals surface area (Å²) in [6, 6.07) is 19.4. The molecule has 1 aliphatic heterocycles. The Kier molecular flexibility index (Phi) is 5.36. The number of rotatable bonds is 3. The van der Waals surface area contributed by atoms with Gasteiger partial charge in [-0.25, -0.2) is 4.39 Å². The average Bonchev–Trinajstić information content (AvgIpc) is 2.84. The fourth-order valence-electron chi connectivity index (χ4n) is 4.20. The van der Waals surface area contributed by atoms with E-state index in [1.807, 2.05) is 29.2 Å². The van der Waals surface area contributed by atoms with Gasteiger partial charge in [-0.3, -0.25) is 0 Å². The molecule has 168 valence electrons. The molecule has 0 radical (unpaired) electrons. The Morgan fingerprint density at radius 1 is 0.697 bits per heavy atom. The Morgan fingerprint density at radius 3 is 2.06 bits per heavy atom. The Labute approximate surface area is 188 Å². The molecule has 3 aromatic carbocycles. The van der Waals surface area contributed by atoms with Crippen molar-refractivity contribution < 1.29 is 17.6 Å². The van der Waals surface area contributed by atoms with Gasteiger partial charge in [0.2, 0.25) is 0 Å². The number of hydrogen-bond donors (Lipinski definition) is 0. The third-order valence-electron chi connectivity index (χ3n) is 5.90. The summed E-state index contributed by atoms with van der Waals surface area (Å²) in [5.41, 5.74) is 1.38. The van der Waals surface area contributed by atoms with E-state index < -0.39 is 11.7 Å². The molecular formula is C25H20F4N4. The monoisotopic (exact) mass is 452 g/mol. The molecule has 33 heavy (non-hydrogen) atoms. The van der Waals surface area contributed by atoms with Crippen LogP contribution < -0.4 is 9.80 Å². The van der Waals surface area contributed by atoms with E-state index in [1.54, 1.807) is 18.2 Å². The molecule has 8 heteroatoms. The first-order valence-corrected chi connectivity index (χ1v) is 10.6. The number of piperazine rings is 1. The summed E-state index contributed by atoms with van der Waals surface area (Å²) in [5.74, 6) is 0.423. The molecule has 2 heterocycles. The van der Waals surface area contributed by atoms with Crippen LogP contribution in [0.3, 0.4) is 0 Å². The second-order valence-corrected chi connectivity index (χ2v) is 7.95. The zero-order valence-corrected chi connectivity index (χ0v) is 17.6. The van der Waals surface area contributed by atoms with Crippen molar-refractivity contribution in [3.8, 4) is 11.3 Å². The van der Waals surface area contributed by atoms with E-state index in [4.69, 9.17) is 0 Å². The highest BCUT2D eigenvalue weighted by Gasteiger charge is 2.31. The standard InChI is InChI=1S/C25H20F4N4/c26-19-10-8-17(9-11-19)23-21-6-1-2-7-22(21)24(31-30-23)33-14-12-32(13-15-33)20-5-3-4-18(16-20)25(27,28)29/h1-11,16H,12-15H2. The molecule has 0 amide bonds. The van der Waals surface area contributed by atoms with Crippen LogP contribution in [-0.2, 0) is 6.18 Å². The van der Waals surface area contributed by atoms with Gasteiger partial charge >= 0.3 is 6.18 Å². The lowest BCUT2D eigenvalue weighted by molar-refractivity contribution is -0.137. The highest BCUT2D eigenvalue weighted by atomic mass is 19.4. The van der Waals surface area contributed by atoms with Gasteiger partial charge in [0.15, 0.2) is 5.82 Å². The summed E-state index contributed by atoms with van der Waals surface area (Å²) in [6.07, 6.45) is -4.36. The summed E-state index contributed by atoms with van der Waals surface area (Å²) in [6.45, 7) is 2.34. The van der Waals surface area contributed by atoms with Crippen molar-refractivity contribution >= 4 is 22.3 Å². The normalized spacial score (nSPS) is 14.7. The van der Waals surface area contributed by atoms with Crippen LogP contribution in [0.2, 0.25) is 0 Å². The molecule has 0 saturated carbocycles. The maximum Gasteiger partial charge on any atom is 0.416 e. The van der Waals surface area contributed by atoms with Gasteiger partial charge in [-0.2, -0.15) is 13.2 Å². The molecule has 0 atom stereocenters. The summed E-state index contributed by atoms with van der Waals surface area (Å²) in [4.78, 5) is 4.06. The number of hydrogen-bond acceptors (Lipinski definition) is 4. The highest BCUT2D eigenvalue weighted by Crippen LogP contribution is 2.34. The molecule has 0 aliphatic carbocycles. The number of benzene rings is 3. The van der Waals surface area contributed by atoms with Crippen LogP contribution in [0.25, 0.3) is 22.0 Å². The molecule has 4 nitrogen and oxygen atoms in total. The molecule has 5 rings (SSSR count). The van der Waals surface area contributed by atoms with Gasteiger partial charge in [-0.15, -0.1) is 10.2 Å². The first kappa shape index (κ1) is 21.2. The second-order valence-electron chi connectivity index (χ2n) is 7.95. The molecule has 0 spiro atoms. The van der Waals surface area contributed by atoms with E-state index in [0.29, 0.717) is 37.6 Å². The number of alkyl halides is 3. The van der Waals surface area contributed by atoms with E-state index in [2.05, 4.69) is 15.1 Å². The van der Waals surface area contributed by atoms with Gasteiger partial charge in [0.05, 0.1) is 5.56 Å². The van der Waals surface area contributed by atoms with E-state index in [0.717, 1.165) is 28.2 Å². The van der Waals surface area contributed by atoms with E-state index in [9.17, 15) is 17.6 Å². The smallest absolute Gasteiger partial charge is 0.368 e. The number of aromatic nitrogens is 2. The van der Waals surface area contributed by atoms with E-state index in [1.165, 1.54) is 24.3 Å². The van der Waals surface area contributed by atoms with Crippen molar-refractivity contribution in [3.63, 3.8) is 0 Å². The molecule has 4 aromatic rings. The lowest BCUT2D eigenvalue weighted by Crippen LogP contribution is -2.47. The van der Waals surface area contributed by atoms with Crippen LogP contribution in [0.4, 0.5) is 29.1 Å². The first-order chi connectivity index (χ1) is 15.9. The molecule has 0 unspecified atom stereocenters. The van der Waals surface area contributed by atoms with Crippen LogP contribution >= 0.6 is 0 Å². The minimum Gasteiger partial charge on any atom is -0.368 e. The lowest BCUT2D eigenvalue weighted by Gasteiger charge is -2.37. The molecule has 0 N–H and O–H groups in total. The van der Waals surface area contributed by atoms with Crippen molar-refractivity contribution in [2.45, 2.75) is 6.18 Å². The molecular weight excluding hydrogens is 432 g/mol. The van der Waals surface area contributed by atoms with Crippen molar-refractivity contribution in [2.24, 2.45) is 0 Å². The maximum absolute atomic E-state index is 13.4. The van der Waals surface area contributed by atoms with Crippen molar-refractivity contribution in [2.75, 3.05) is 36.0 Å². The summed E-state index contributed by atoms with van der Waals surface area (Å²) >= 11 is 0. The number of nitrogens with zero attached hydrogens (tertiary/aromatic N) is 4. The third-order valence-corrected chi connectivity index (χ3v) is 5.90. The summed E-state index contributed by atoms with van der Waals surface area (Å²) < 4.78 is 52.6. The number of halogens is 4. The zero-order chi connectivity index (χ0) is 23.0. The van der Waals surface area contributed by atoms with Crippen molar-refractivity contribution in [1.29, 1.82) is 0 Å². The third kappa shape index (κ3) is 4.20. The quantitative estimate of drug-likeness (QED) is 0.369. The molecule has 0 bridgehead atoms. The SMILES string of the molecule is Fc1ccc(-c2nnc(N3CCN(c4cccc(C(F)(F)F)c4)CC3)c3ccccc23)cc1. The first-order valence-electron chi connectivity index (χ1n) is 10.6. The predicted octanol–water partition coefficient (Wildman–Crippen LogP) is 5.78. The maximum atomic E-state index is 13.4. The second kappa shape index (κ2) is 8.35. The molecule has 1 aromatic heterocycles. The zero-order valence-electron chi connectivity index (χ0n) is 17.6. The van der Waals surface area contributed by atoms with E-state index in [-0.39, 0.29) is 5.82 Å². The highest BCUT2D eigenvalue weighted by molar-refractivity contribution is 6.00. The molecule has 1 aliphatic rings. The van der Waals surface area contributed by atoms with Gasteiger partial charge in [-0.1, -0.05) is 30.3 Å². The van der Waals surface area contributed by atoms with Gasteiger partial charge in [0, 0.05) is 48.2 Å². The average molecular weight is 452 g/mol. The Hall–Kier alpha value is -3.68. The van der Waals surface area contributed by atoms with Gasteiger partial charge in [0.1, 0.15) is 11.5 Å². The van der Waals surface area contributed by atoms with Crippen LogP contribution in [-0.4, -0.2) is 36.4 Å². The predicted molar refractivity (Wildman–Crippen MR) is 121 cm³/mol. The van der Waals surface area contributed by atoms with Crippen LogP contribution in [0.5, 0.6) is 0 Å². The van der Waals surface area contributed by atoms with E-state index >= 15 is 0 Å². The fourth-order valence-corrected chi connectivity index (χ4v) is 4.20. The minimum absolute atomic E-state index is 0.314. The minimum atomic E-state index is -4.36. The Bertz CT molecular complexity index is 1280. The van der Waals surface area contributed by atoms with Gasteiger partial charge < -0.3 is 9.80 Å². The summed E-state index contributed by atoms with van der Waals surface area (Å²) in [7, 11) is 0. The van der Waals surface area contributed by atoms with Crippen LogP contribution in [0, 0.1) is 5.82 Å².